The first-order valence-electron chi connectivity index (χ1n) is 3.03. The molecule has 0 saturated heterocycles. The zero-order chi connectivity index (χ0) is 10.4. The van der Waals surface area contributed by atoms with Gasteiger partial charge in [0.05, 0.1) is 0 Å². The van der Waals surface area contributed by atoms with E-state index in [0.717, 1.165) is 12.1 Å². The van der Waals surface area contributed by atoms with Gasteiger partial charge in [-0.1, -0.05) is 31.6 Å². The fourth-order valence-electron chi connectivity index (χ4n) is 0.783. The molecule has 0 amide bonds. The lowest BCUT2D eigenvalue weighted by Crippen LogP contribution is -2.06. The molecule has 0 unspecified atom stereocenters. The summed E-state index contributed by atoms with van der Waals surface area (Å²) in [6, 6.07) is 3.29. The minimum atomic E-state index is -9.55. The molecule has 0 aliphatic carbocycles. The molecule has 0 N–H and O–H groups in total. The third-order valence-electron chi connectivity index (χ3n) is 1.28. The van der Waals surface area contributed by atoms with Gasteiger partial charge in [-0.15, -0.1) is 25.0 Å². The second kappa shape index (κ2) is 6.66. The van der Waals surface area contributed by atoms with E-state index in [-0.39, 0.29) is 31.2 Å². The quantitative estimate of drug-likeness (QED) is 0.489. The lowest BCUT2D eigenvalue weighted by atomic mass is 10.4. The first-order valence-corrected chi connectivity index (χ1v) is 5.43. The Morgan fingerprint density at radius 1 is 0.778 bits per heavy atom. The topological polar surface area (TPSA) is 0 Å². The molecule has 1 rings (SSSR count). The van der Waals surface area contributed by atoms with E-state index in [1.54, 1.807) is 0 Å². The van der Waals surface area contributed by atoms with Crippen LogP contribution in [0.25, 0.3) is 0 Å². The number of benzene rings is 1. The predicted molar refractivity (Wildman–Crippen MR) is 62.4 cm³/mol. The Bertz CT molecular complexity index is 350. The van der Waals surface area contributed by atoms with Gasteiger partial charge in [-0.05, 0) is 12.1 Å². The Labute approximate surface area is 108 Å². The standard InChI is InChI=1S/C6H5F5S2.ClH.4FH/c7-13(8,9,10,11)6-4-2-1-3-5(6)12;;;;;/h1-4,12H;5*1H. The number of halogens is 10. The van der Waals surface area contributed by atoms with Gasteiger partial charge in [0.25, 0.3) is 0 Å². The highest BCUT2D eigenvalue weighted by atomic mass is 35.5. The maximum Gasteiger partial charge on any atom is 0.311 e. The summed E-state index contributed by atoms with van der Waals surface area (Å²) in [5, 5.41) is 0. The molecule has 0 fully saturated rings. The fourth-order valence-corrected chi connectivity index (χ4v) is 2.26. The summed E-state index contributed by atoms with van der Waals surface area (Å²) in [5.41, 5.74) is 0. The molecule has 0 atom stereocenters. The molecule has 0 bridgehead atoms. The predicted octanol–water partition coefficient (Wildman–Crippen LogP) is 5.66. The fraction of sp³-hybridized carbons (Fsp3) is 0. The van der Waals surface area contributed by atoms with Gasteiger partial charge >= 0.3 is 10.2 Å². The van der Waals surface area contributed by atoms with Crippen LogP contribution in [0, 0.1) is 0 Å². The average Bonchev–Trinajstić information content (AvgIpc) is 1.82. The van der Waals surface area contributed by atoms with Gasteiger partial charge < -0.3 is 0 Å². The van der Waals surface area contributed by atoms with E-state index in [0.29, 0.717) is 6.07 Å². The van der Waals surface area contributed by atoms with E-state index in [1.807, 2.05) is 0 Å². The van der Waals surface area contributed by atoms with Crippen molar-refractivity contribution in [1.29, 1.82) is 0 Å². The molecule has 1 aromatic carbocycles. The van der Waals surface area contributed by atoms with Gasteiger partial charge in [0.15, 0.2) is 0 Å². The second-order valence-corrected chi connectivity index (χ2v) is 5.30. The van der Waals surface area contributed by atoms with Crippen molar-refractivity contribution in [1.82, 2.24) is 0 Å². The van der Waals surface area contributed by atoms with E-state index in [9.17, 15) is 19.4 Å². The van der Waals surface area contributed by atoms with Crippen molar-refractivity contribution in [3.8, 4) is 0 Å². The third kappa shape index (κ3) is 7.82. The van der Waals surface area contributed by atoms with Crippen LogP contribution in [0.3, 0.4) is 0 Å². The Morgan fingerprint density at radius 2 is 1.11 bits per heavy atom. The molecule has 1 aromatic rings. The Kier molecular flexibility index (Phi) is 11.3. The van der Waals surface area contributed by atoms with Crippen LogP contribution in [-0.4, -0.2) is 0 Å². The molecule has 0 heterocycles. The third-order valence-corrected chi connectivity index (χ3v) is 3.01. The molecular formula is C6H10ClF9S2. The SMILES string of the molecule is Cl.F.F.F.F.FS(F)(F)(F)(F)c1ccccc1S. The molecule has 116 valence electrons. The number of rotatable bonds is 1. The van der Waals surface area contributed by atoms with Crippen molar-refractivity contribution in [3.63, 3.8) is 0 Å². The molecule has 0 aliphatic heterocycles. The Balaban J connectivity index is -0.000000113. The van der Waals surface area contributed by atoms with Gasteiger partial charge in [-0.2, -0.15) is 0 Å². The van der Waals surface area contributed by atoms with Crippen molar-refractivity contribution in [3.05, 3.63) is 24.3 Å². The molecule has 0 radical (unpaired) electrons. The lowest BCUT2D eigenvalue weighted by molar-refractivity contribution is 0.361. The van der Waals surface area contributed by atoms with Crippen LogP contribution in [0.4, 0.5) is 38.2 Å². The average molecular weight is 353 g/mol. The van der Waals surface area contributed by atoms with Crippen LogP contribution in [0.1, 0.15) is 0 Å². The maximum absolute atomic E-state index is 12.2. The summed E-state index contributed by atoms with van der Waals surface area (Å²) in [6.45, 7) is 0. The summed E-state index contributed by atoms with van der Waals surface area (Å²) >= 11 is 3.33. The smallest absolute Gasteiger partial charge is 0.269 e. The minimum absolute atomic E-state index is 0. The van der Waals surface area contributed by atoms with Crippen molar-refractivity contribution in [2.45, 2.75) is 9.79 Å². The molecule has 0 nitrogen and oxygen atoms in total. The molecule has 12 heteroatoms. The molecule has 0 aromatic heterocycles. The summed E-state index contributed by atoms with van der Waals surface area (Å²) < 4.78 is 60.8. The van der Waals surface area contributed by atoms with Crippen LogP contribution >= 0.6 is 35.3 Å². The van der Waals surface area contributed by atoms with Crippen molar-refractivity contribution in [2.75, 3.05) is 0 Å². The van der Waals surface area contributed by atoms with Gasteiger partial charge in [-0.25, -0.2) is 0 Å². The zero-order valence-electron chi connectivity index (χ0n) is 8.10. The monoisotopic (exact) mass is 352 g/mol. The summed E-state index contributed by atoms with van der Waals surface area (Å²) in [4.78, 5) is -2.70. The van der Waals surface area contributed by atoms with Gasteiger partial charge in [0.2, 0.25) is 0 Å². The van der Waals surface area contributed by atoms with Crippen molar-refractivity contribution >= 4 is 35.3 Å². The largest absolute Gasteiger partial charge is 0.311 e. The summed E-state index contributed by atoms with van der Waals surface area (Å²) in [6.07, 6.45) is 0. The Hall–Kier alpha value is -0.420. The van der Waals surface area contributed by atoms with Crippen LogP contribution in [0.15, 0.2) is 34.1 Å². The molecule has 0 spiro atoms. The number of thiol groups is 1. The summed E-state index contributed by atoms with van der Waals surface area (Å²) in [5.74, 6) is 0. The highest BCUT2D eigenvalue weighted by Gasteiger charge is 2.66. The first kappa shape index (κ1) is 30.5. The van der Waals surface area contributed by atoms with Crippen LogP contribution in [-0.2, 0) is 0 Å². The van der Waals surface area contributed by atoms with Crippen molar-refractivity contribution < 1.29 is 38.2 Å². The minimum Gasteiger partial charge on any atom is -0.269 e. The molecule has 0 saturated carbocycles. The Morgan fingerprint density at radius 3 is 1.33 bits per heavy atom. The summed E-state index contributed by atoms with van der Waals surface area (Å²) in [7, 11) is -9.55. The lowest BCUT2D eigenvalue weighted by Gasteiger charge is -2.41. The normalized spacial score (nSPS) is 12.8. The molecule has 0 aliphatic rings. The van der Waals surface area contributed by atoms with E-state index in [4.69, 9.17) is 0 Å². The van der Waals surface area contributed by atoms with E-state index in [1.165, 1.54) is 6.07 Å². The second-order valence-electron chi connectivity index (χ2n) is 2.44. The highest BCUT2D eigenvalue weighted by Crippen LogP contribution is 3.02. The number of hydrogen-bond acceptors (Lipinski definition) is 1. The van der Waals surface area contributed by atoms with Gasteiger partial charge in [-0.3, -0.25) is 18.8 Å². The van der Waals surface area contributed by atoms with E-state index < -0.39 is 20.0 Å². The van der Waals surface area contributed by atoms with Gasteiger partial charge in [0, 0.05) is 4.90 Å². The molecule has 18 heavy (non-hydrogen) atoms. The van der Waals surface area contributed by atoms with Gasteiger partial charge in [0.1, 0.15) is 4.90 Å². The van der Waals surface area contributed by atoms with E-state index >= 15 is 0 Å². The maximum atomic E-state index is 12.2. The number of hydrogen-bond donors (Lipinski definition) is 1. The van der Waals surface area contributed by atoms with Crippen LogP contribution < -0.4 is 0 Å². The zero-order valence-corrected chi connectivity index (χ0v) is 10.6. The van der Waals surface area contributed by atoms with Crippen LogP contribution in [0.5, 0.6) is 0 Å². The first-order chi connectivity index (χ1) is 5.50. The van der Waals surface area contributed by atoms with Crippen molar-refractivity contribution in [2.24, 2.45) is 0 Å². The van der Waals surface area contributed by atoms with E-state index in [2.05, 4.69) is 12.6 Å². The van der Waals surface area contributed by atoms with Crippen LogP contribution in [0.2, 0.25) is 0 Å². The highest BCUT2D eigenvalue weighted by molar-refractivity contribution is 8.45. The molecular weight excluding hydrogens is 343 g/mol.